The molecule has 1 heteroatoms. The largest absolute Gasteiger partial charge is 0.385 e. The second kappa shape index (κ2) is 2.08. The van der Waals surface area contributed by atoms with Gasteiger partial charge in [-0.2, -0.15) is 0 Å². The average Bonchev–Trinajstić information content (AvgIpc) is 2.02. The van der Waals surface area contributed by atoms with Gasteiger partial charge in [0.1, 0.15) is 0 Å². The Hall–Kier alpha value is -0.820. The van der Waals surface area contributed by atoms with Gasteiger partial charge in [0.25, 0.3) is 0 Å². The summed E-state index contributed by atoms with van der Waals surface area (Å²) in [5.74, 6) is 0. The Morgan fingerprint density at radius 3 is 2.82 bits per heavy atom. The van der Waals surface area contributed by atoms with E-state index in [9.17, 15) is 5.11 Å². The third-order valence-corrected chi connectivity index (χ3v) is 2.59. The molecule has 0 saturated heterocycles. The van der Waals surface area contributed by atoms with Gasteiger partial charge in [-0.1, -0.05) is 31.2 Å². The van der Waals surface area contributed by atoms with Gasteiger partial charge in [-0.05, 0) is 17.5 Å². The molecule has 1 nitrogen and oxygen atoms in total. The first-order chi connectivity index (χ1) is 5.26. The normalized spacial score (nSPS) is 27.5. The minimum Gasteiger partial charge on any atom is -0.385 e. The number of aliphatic hydroxyl groups is 1. The molecule has 1 aromatic rings. The summed E-state index contributed by atoms with van der Waals surface area (Å²) >= 11 is 0. The smallest absolute Gasteiger partial charge is 0.0936 e. The topological polar surface area (TPSA) is 20.2 Å². The van der Waals surface area contributed by atoms with Crippen LogP contribution in [0.2, 0.25) is 0 Å². The maximum atomic E-state index is 9.87. The van der Waals surface area contributed by atoms with Crippen LogP contribution in [0.25, 0.3) is 0 Å². The van der Waals surface area contributed by atoms with Crippen LogP contribution in [-0.2, 0) is 12.0 Å². The zero-order valence-corrected chi connectivity index (χ0v) is 6.67. The monoisotopic (exact) mass is 148 g/mol. The highest BCUT2D eigenvalue weighted by Crippen LogP contribution is 2.40. The van der Waals surface area contributed by atoms with E-state index in [1.807, 2.05) is 25.1 Å². The minimum atomic E-state index is -0.503. The zero-order valence-electron chi connectivity index (χ0n) is 6.67. The third kappa shape index (κ3) is 0.809. The van der Waals surface area contributed by atoms with Crippen molar-refractivity contribution in [3.8, 4) is 0 Å². The van der Waals surface area contributed by atoms with Gasteiger partial charge in [0.2, 0.25) is 0 Å². The van der Waals surface area contributed by atoms with E-state index in [4.69, 9.17) is 0 Å². The molecule has 0 spiro atoms. The fourth-order valence-corrected chi connectivity index (χ4v) is 1.75. The van der Waals surface area contributed by atoms with E-state index in [-0.39, 0.29) is 0 Å². The van der Waals surface area contributed by atoms with Gasteiger partial charge in [-0.25, -0.2) is 0 Å². The van der Waals surface area contributed by atoms with Crippen LogP contribution in [0.4, 0.5) is 0 Å². The van der Waals surface area contributed by atoms with Crippen LogP contribution in [0, 0.1) is 0 Å². The molecule has 0 aromatic heterocycles. The lowest BCUT2D eigenvalue weighted by atomic mass is 9.72. The van der Waals surface area contributed by atoms with Gasteiger partial charge in [0.05, 0.1) is 5.60 Å². The van der Waals surface area contributed by atoms with Gasteiger partial charge in [0.15, 0.2) is 0 Å². The summed E-state index contributed by atoms with van der Waals surface area (Å²) in [6.45, 7) is 2.02. The van der Waals surface area contributed by atoms with Crippen LogP contribution >= 0.6 is 0 Å². The molecular weight excluding hydrogens is 136 g/mol. The summed E-state index contributed by atoms with van der Waals surface area (Å²) in [6.07, 6.45) is 1.66. The Morgan fingerprint density at radius 1 is 1.45 bits per heavy atom. The van der Waals surface area contributed by atoms with E-state index in [1.165, 1.54) is 5.56 Å². The fourth-order valence-electron chi connectivity index (χ4n) is 1.75. The Balaban J connectivity index is 2.43. The Kier molecular flexibility index (Phi) is 1.30. The lowest BCUT2D eigenvalue weighted by molar-refractivity contribution is 0.00870. The molecule has 1 N–H and O–H groups in total. The molecule has 0 heterocycles. The van der Waals surface area contributed by atoms with Crippen molar-refractivity contribution in [1.82, 2.24) is 0 Å². The van der Waals surface area contributed by atoms with Crippen molar-refractivity contribution in [3.63, 3.8) is 0 Å². The maximum Gasteiger partial charge on any atom is 0.0936 e. The second-order valence-electron chi connectivity index (χ2n) is 3.22. The first-order valence-electron chi connectivity index (χ1n) is 4.07. The molecule has 0 aliphatic heterocycles. The van der Waals surface area contributed by atoms with Gasteiger partial charge < -0.3 is 5.11 Å². The van der Waals surface area contributed by atoms with Crippen LogP contribution in [0.3, 0.4) is 0 Å². The summed E-state index contributed by atoms with van der Waals surface area (Å²) in [5, 5.41) is 9.87. The average molecular weight is 148 g/mol. The van der Waals surface area contributed by atoms with Crippen molar-refractivity contribution >= 4 is 0 Å². The van der Waals surface area contributed by atoms with Crippen molar-refractivity contribution in [2.45, 2.75) is 25.4 Å². The van der Waals surface area contributed by atoms with E-state index in [2.05, 4.69) is 6.07 Å². The molecule has 0 fully saturated rings. The summed E-state index contributed by atoms with van der Waals surface area (Å²) in [5.41, 5.74) is 1.93. The highest BCUT2D eigenvalue weighted by atomic mass is 16.3. The van der Waals surface area contributed by atoms with Gasteiger partial charge >= 0.3 is 0 Å². The molecule has 1 aliphatic rings. The van der Waals surface area contributed by atoms with Crippen LogP contribution in [0.15, 0.2) is 24.3 Å². The Labute approximate surface area is 66.7 Å². The lowest BCUT2D eigenvalue weighted by Gasteiger charge is -2.38. The predicted octanol–water partition coefficient (Wildman–Crippen LogP) is 1.84. The molecule has 0 saturated carbocycles. The van der Waals surface area contributed by atoms with Crippen LogP contribution in [-0.4, -0.2) is 5.11 Å². The van der Waals surface area contributed by atoms with E-state index in [0.717, 1.165) is 18.4 Å². The van der Waals surface area contributed by atoms with E-state index in [0.29, 0.717) is 0 Å². The SMILES string of the molecule is CC[C@@]1(O)Cc2ccccc21. The van der Waals surface area contributed by atoms with Crippen molar-refractivity contribution < 1.29 is 5.11 Å². The molecule has 0 unspecified atom stereocenters. The number of hydrogen-bond acceptors (Lipinski definition) is 1. The van der Waals surface area contributed by atoms with Crippen molar-refractivity contribution in [3.05, 3.63) is 35.4 Å². The van der Waals surface area contributed by atoms with Crippen LogP contribution in [0.5, 0.6) is 0 Å². The van der Waals surface area contributed by atoms with Crippen molar-refractivity contribution in [2.75, 3.05) is 0 Å². The quantitative estimate of drug-likeness (QED) is 0.644. The molecule has 58 valence electrons. The van der Waals surface area contributed by atoms with Crippen molar-refractivity contribution in [2.24, 2.45) is 0 Å². The van der Waals surface area contributed by atoms with Crippen LogP contribution in [0.1, 0.15) is 24.5 Å². The Morgan fingerprint density at radius 2 is 2.18 bits per heavy atom. The fraction of sp³-hybridized carbons (Fsp3) is 0.400. The molecule has 0 amide bonds. The van der Waals surface area contributed by atoms with Crippen molar-refractivity contribution in [1.29, 1.82) is 0 Å². The second-order valence-corrected chi connectivity index (χ2v) is 3.22. The predicted molar refractivity (Wildman–Crippen MR) is 44.3 cm³/mol. The first kappa shape index (κ1) is 6.86. The summed E-state index contributed by atoms with van der Waals surface area (Å²) in [4.78, 5) is 0. The number of fused-ring (bicyclic) bond motifs is 1. The minimum absolute atomic E-state index is 0.503. The van der Waals surface area contributed by atoms with Crippen LogP contribution < -0.4 is 0 Å². The van der Waals surface area contributed by atoms with E-state index >= 15 is 0 Å². The molecular formula is C10H12O. The third-order valence-electron chi connectivity index (χ3n) is 2.59. The highest BCUT2D eigenvalue weighted by Gasteiger charge is 2.38. The molecule has 2 rings (SSSR count). The molecule has 1 aliphatic carbocycles. The van der Waals surface area contributed by atoms with Gasteiger partial charge in [-0.15, -0.1) is 0 Å². The molecule has 11 heavy (non-hydrogen) atoms. The molecule has 1 atom stereocenters. The van der Waals surface area contributed by atoms with E-state index < -0.39 is 5.60 Å². The molecule has 1 aromatic carbocycles. The number of hydrogen-bond donors (Lipinski definition) is 1. The number of rotatable bonds is 1. The standard InChI is InChI=1S/C10H12O/c1-2-10(11)7-8-5-3-4-6-9(8)10/h3-6,11H,2,7H2,1H3/t10-/m1/s1. The highest BCUT2D eigenvalue weighted by molar-refractivity contribution is 5.42. The van der Waals surface area contributed by atoms with Gasteiger partial charge in [0, 0.05) is 6.42 Å². The summed E-state index contributed by atoms with van der Waals surface area (Å²) in [7, 11) is 0. The molecule has 0 radical (unpaired) electrons. The summed E-state index contributed by atoms with van der Waals surface area (Å²) < 4.78 is 0. The van der Waals surface area contributed by atoms with Gasteiger partial charge in [-0.3, -0.25) is 0 Å². The number of benzene rings is 1. The first-order valence-corrected chi connectivity index (χ1v) is 4.07. The molecule has 0 bridgehead atoms. The lowest BCUT2D eigenvalue weighted by Crippen LogP contribution is -2.37. The zero-order chi connectivity index (χ0) is 7.90. The Bertz CT molecular complexity index is 280. The summed E-state index contributed by atoms with van der Waals surface area (Å²) in [6, 6.07) is 8.11. The van der Waals surface area contributed by atoms with E-state index in [1.54, 1.807) is 0 Å². The maximum absolute atomic E-state index is 9.87.